The molecule has 0 amide bonds. The van der Waals surface area contributed by atoms with Crippen molar-refractivity contribution >= 4 is 17.8 Å². The van der Waals surface area contributed by atoms with E-state index in [1.54, 1.807) is 0 Å². The second-order valence-electron chi connectivity index (χ2n) is 4.30. The van der Waals surface area contributed by atoms with E-state index >= 15 is 0 Å². The lowest BCUT2D eigenvalue weighted by Gasteiger charge is -1.98. The first-order valence-corrected chi connectivity index (χ1v) is 6.06. The fraction of sp³-hybridized carbons (Fsp3) is 0.286. The first-order chi connectivity index (χ1) is 8.69. The highest BCUT2D eigenvalue weighted by Crippen LogP contribution is 2.16. The summed E-state index contributed by atoms with van der Waals surface area (Å²) in [5, 5.41) is 3.96. The Labute approximate surface area is 107 Å². The standard InChI is InChI=1S/C14H17N3O/c1-3-10(2)14-16-13(18-17-14)9-6-11-4-7-12(15)8-5-11/h4-10H,3,15H2,1-2H3/b9-6+. The summed E-state index contributed by atoms with van der Waals surface area (Å²) in [7, 11) is 0. The van der Waals surface area contributed by atoms with Gasteiger partial charge in [0, 0.05) is 17.7 Å². The average molecular weight is 243 g/mol. The van der Waals surface area contributed by atoms with Crippen LogP contribution in [0.25, 0.3) is 12.2 Å². The molecule has 18 heavy (non-hydrogen) atoms. The molecule has 1 heterocycles. The summed E-state index contributed by atoms with van der Waals surface area (Å²) < 4.78 is 5.16. The molecular weight excluding hydrogens is 226 g/mol. The molecule has 0 aliphatic rings. The highest BCUT2D eigenvalue weighted by Gasteiger charge is 2.09. The third-order valence-electron chi connectivity index (χ3n) is 2.87. The van der Waals surface area contributed by atoms with E-state index in [-0.39, 0.29) is 0 Å². The van der Waals surface area contributed by atoms with Crippen molar-refractivity contribution < 1.29 is 4.52 Å². The summed E-state index contributed by atoms with van der Waals surface area (Å²) in [6, 6.07) is 7.60. The third-order valence-corrected chi connectivity index (χ3v) is 2.87. The molecular formula is C14H17N3O. The summed E-state index contributed by atoms with van der Waals surface area (Å²) in [6.45, 7) is 4.18. The van der Waals surface area contributed by atoms with Crippen molar-refractivity contribution in [2.24, 2.45) is 0 Å². The van der Waals surface area contributed by atoms with Crippen LogP contribution in [-0.2, 0) is 0 Å². The van der Waals surface area contributed by atoms with Crippen molar-refractivity contribution in [3.63, 3.8) is 0 Å². The number of hydrogen-bond donors (Lipinski definition) is 1. The molecule has 94 valence electrons. The topological polar surface area (TPSA) is 64.9 Å². The molecule has 1 atom stereocenters. The lowest BCUT2D eigenvalue weighted by molar-refractivity contribution is 0.398. The van der Waals surface area contributed by atoms with Gasteiger partial charge in [0.2, 0.25) is 0 Å². The molecule has 1 unspecified atom stereocenters. The second-order valence-corrected chi connectivity index (χ2v) is 4.30. The highest BCUT2D eigenvalue weighted by molar-refractivity contribution is 5.66. The zero-order valence-electron chi connectivity index (χ0n) is 10.6. The molecule has 0 fully saturated rings. The Balaban J connectivity index is 2.09. The minimum absolute atomic E-state index is 0.326. The minimum atomic E-state index is 0.326. The lowest BCUT2D eigenvalue weighted by Crippen LogP contribution is -1.93. The zero-order chi connectivity index (χ0) is 13.0. The largest absolute Gasteiger partial charge is 0.399 e. The van der Waals surface area contributed by atoms with Crippen molar-refractivity contribution in [2.75, 3.05) is 5.73 Å². The maximum absolute atomic E-state index is 5.62. The van der Waals surface area contributed by atoms with Gasteiger partial charge in [-0.3, -0.25) is 0 Å². The van der Waals surface area contributed by atoms with Crippen LogP contribution in [0.15, 0.2) is 28.8 Å². The predicted octanol–water partition coefficient (Wildman–Crippen LogP) is 3.34. The molecule has 0 saturated heterocycles. The number of aromatic nitrogens is 2. The summed E-state index contributed by atoms with van der Waals surface area (Å²) >= 11 is 0. The summed E-state index contributed by atoms with van der Waals surface area (Å²) in [5.41, 5.74) is 7.42. The first kappa shape index (κ1) is 12.4. The van der Waals surface area contributed by atoms with E-state index in [0.29, 0.717) is 11.8 Å². The molecule has 0 bridgehead atoms. The van der Waals surface area contributed by atoms with Gasteiger partial charge in [-0.15, -0.1) is 0 Å². The van der Waals surface area contributed by atoms with Crippen molar-refractivity contribution in [1.82, 2.24) is 10.1 Å². The Morgan fingerprint density at radius 2 is 2.00 bits per heavy atom. The lowest BCUT2D eigenvalue weighted by atomic mass is 10.1. The quantitative estimate of drug-likeness (QED) is 0.836. The maximum Gasteiger partial charge on any atom is 0.250 e. The molecule has 4 heteroatoms. The molecule has 1 aromatic carbocycles. The normalized spacial score (nSPS) is 13.0. The number of rotatable bonds is 4. The van der Waals surface area contributed by atoms with Crippen LogP contribution in [0.5, 0.6) is 0 Å². The molecule has 2 rings (SSSR count). The van der Waals surface area contributed by atoms with Gasteiger partial charge in [-0.25, -0.2) is 0 Å². The molecule has 4 nitrogen and oxygen atoms in total. The third kappa shape index (κ3) is 2.97. The summed E-state index contributed by atoms with van der Waals surface area (Å²) in [6.07, 6.45) is 4.73. The van der Waals surface area contributed by atoms with E-state index in [2.05, 4.69) is 24.0 Å². The van der Waals surface area contributed by atoms with Crippen molar-refractivity contribution in [3.05, 3.63) is 41.5 Å². The Morgan fingerprint density at radius 1 is 1.28 bits per heavy atom. The van der Waals surface area contributed by atoms with Gasteiger partial charge in [-0.2, -0.15) is 4.98 Å². The van der Waals surface area contributed by atoms with Crippen LogP contribution in [0, 0.1) is 0 Å². The highest BCUT2D eigenvalue weighted by atomic mass is 16.5. The van der Waals surface area contributed by atoms with Crippen LogP contribution in [0.3, 0.4) is 0 Å². The van der Waals surface area contributed by atoms with Gasteiger partial charge in [0.15, 0.2) is 5.82 Å². The van der Waals surface area contributed by atoms with Gasteiger partial charge in [-0.05, 0) is 30.2 Å². The maximum atomic E-state index is 5.62. The van der Waals surface area contributed by atoms with Crippen LogP contribution < -0.4 is 5.73 Å². The van der Waals surface area contributed by atoms with Crippen LogP contribution in [0.4, 0.5) is 5.69 Å². The summed E-state index contributed by atoms with van der Waals surface area (Å²) in [4.78, 5) is 4.32. The predicted molar refractivity (Wildman–Crippen MR) is 72.8 cm³/mol. The van der Waals surface area contributed by atoms with Crippen molar-refractivity contribution in [2.45, 2.75) is 26.2 Å². The van der Waals surface area contributed by atoms with Crippen LogP contribution in [0.1, 0.15) is 43.5 Å². The molecule has 0 spiro atoms. The Bertz CT molecular complexity index is 528. The number of benzene rings is 1. The van der Waals surface area contributed by atoms with E-state index in [9.17, 15) is 0 Å². The number of nitrogens with two attached hydrogens (primary N) is 1. The Hall–Kier alpha value is -2.10. The average Bonchev–Trinajstić information content (AvgIpc) is 2.86. The number of anilines is 1. The molecule has 0 aliphatic heterocycles. The number of hydrogen-bond acceptors (Lipinski definition) is 4. The molecule has 0 saturated carbocycles. The number of nitrogens with zero attached hydrogens (tertiary/aromatic N) is 2. The monoisotopic (exact) mass is 243 g/mol. The van der Waals surface area contributed by atoms with Crippen LogP contribution in [0.2, 0.25) is 0 Å². The van der Waals surface area contributed by atoms with E-state index < -0.39 is 0 Å². The molecule has 2 N–H and O–H groups in total. The van der Waals surface area contributed by atoms with Crippen LogP contribution in [-0.4, -0.2) is 10.1 Å². The van der Waals surface area contributed by atoms with Gasteiger partial charge in [0.25, 0.3) is 5.89 Å². The smallest absolute Gasteiger partial charge is 0.250 e. The minimum Gasteiger partial charge on any atom is -0.399 e. The second kappa shape index (κ2) is 5.49. The molecule has 0 aliphatic carbocycles. The SMILES string of the molecule is CCC(C)c1noc(/C=C/c2ccc(N)cc2)n1. The molecule has 2 aromatic rings. The zero-order valence-corrected chi connectivity index (χ0v) is 10.6. The Kier molecular flexibility index (Phi) is 3.77. The van der Waals surface area contributed by atoms with E-state index in [1.807, 2.05) is 36.4 Å². The van der Waals surface area contributed by atoms with Gasteiger partial charge in [-0.1, -0.05) is 31.1 Å². The molecule has 1 aromatic heterocycles. The van der Waals surface area contributed by atoms with Gasteiger partial charge < -0.3 is 10.3 Å². The van der Waals surface area contributed by atoms with Gasteiger partial charge in [0.1, 0.15) is 0 Å². The van der Waals surface area contributed by atoms with E-state index in [1.165, 1.54) is 0 Å². The summed E-state index contributed by atoms with van der Waals surface area (Å²) in [5.74, 6) is 1.61. The van der Waals surface area contributed by atoms with Crippen molar-refractivity contribution in [1.29, 1.82) is 0 Å². The Morgan fingerprint density at radius 3 is 2.67 bits per heavy atom. The van der Waals surface area contributed by atoms with Gasteiger partial charge >= 0.3 is 0 Å². The first-order valence-electron chi connectivity index (χ1n) is 6.06. The number of nitrogen functional groups attached to an aromatic ring is 1. The van der Waals surface area contributed by atoms with Gasteiger partial charge in [0.05, 0.1) is 0 Å². The van der Waals surface area contributed by atoms with E-state index in [0.717, 1.165) is 23.5 Å². The van der Waals surface area contributed by atoms with Crippen LogP contribution >= 0.6 is 0 Å². The fourth-order valence-electron chi connectivity index (χ4n) is 1.47. The van der Waals surface area contributed by atoms with E-state index in [4.69, 9.17) is 10.3 Å². The van der Waals surface area contributed by atoms with Crippen molar-refractivity contribution in [3.8, 4) is 0 Å². The molecule has 0 radical (unpaired) electrons. The fourth-order valence-corrected chi connectivity index (χ4v) is 1.47.